The third kappa shape index (κ3) is 2.93. The minimum absolute atomic E-state index is 0.209. The van der Waals surface area contributed by atoms with Gasteiger partial charge >= 0.3 is 5.97 Å². The summed E-state index contributed by atoms with van der Waals surface area (Å²) in [6.07, 6.45) is 3.00. The summed E-state index contributed by atoms with van der Waals surface area (Å²) >= 11 is 6.04. The van der Waals surface area contributed by atoms with Gasteiger partial charge in [0, 0.05) is 5.02 Å². The Morgan fingerprint density at radius 1 is 1.18 bits per heavy atom. The van der Waals surface area contributed by atoms with E-state index in [1.165, 1.54) is 0 Å². The van der Waals surface area contributed by atoms with Crippen LogP contribution in [0, 0.1) is 11.8 Å². The average Bonchev–Trinajstić information content (AvgIpc) is 3.57. The second kappa shape index (κ2) is 7.23. The van der Waals surface area contributed by atoms with Gasteiger partial charge in [0.15, 0.2) is 5.82 Å². The molecule has 0 saturated carbocycles. The molecular weight excluding hydrogens is 446 g/mol. The topological polar surface area (TPSA) is 110 Å². The number of aliphatic carboxylic acids is 1. The highest BCUT2D eigenvalue weighted by Gasteiger charge is 2.68. The highest BCUT2D eigenvalue weighted by atomic mass is 35.5. The Balaban J connectivity index is 1.47. The van der Waals surface area contributed by atoms with Crippen LogP contribution < -0.4 is 0 Å². The maximum atomic E-state index is 13.7. The third-order valence-electron chi connectivity index (χ3n) is 6.65. The maximum Gasteiger partial charge on any atom is 0.310 e. The van der Waals surface area contributed by atoms with E-state index in [9.17, 15) is 14.7 Å². The lowest BCUT2D eigenvalue weighted by molar-refractivity contribution is -0.148. The lowest BCUT2D eigenvalue weighted by atomic mass is 9.77. The molecule has 3 aliphatic rings. The lowest BCUT2D eigenvalue weighted by Gasteiger charge is -2.29. The number of nitrogens with zero attached hydrogens (tertiary/aromatic N) is 5. The molecule has 1 amide bonds. The minimum Gasteiger partial charge on any atom is -0.481 e. The summed E-state index contributed by atoms with van der Waals surface area (Å²) < 4.78 is 7.63. The van der Waals surface area contributed by atoms with E-state index in [0.717, 1.165) is 5.56 Å². The molecule has 2 aromatic carbocycles. The third-order valence-corrected chi connectivity index (χ3v) is 6.90. The van der Waals surface area contributed by atoms with Crippen molar-refractivity contribution < 1.29 is 19.4 Å². The Hall–Kier alpha value is -3.56. The summed E-state index contributed by atoms with van der Waals surface area (Å²) in [6.45, 7) is 0.209. The Labute approximate surface area is 193 Å². The Bertz CT molecular complexity index is 1280. The molecule has 1 aromatic heterocycles. The Kier molecular flexibility index (Phi) is 4.40. The van der Waals surface area contributed by atoms with Gasteiger partial charge in [-0.05, 0) is 40.3 Å². The predicted molar refractivity (Wildman–Crippen MR) is 116 cm³/mol. The number of carbonyl (C=O) groups excluding carboxylic acids is 1. The molecule has 166 valence electrons. The van der Waals surface area contributed by atoms with Crippen LogP contribution in [0.1, 0.15) is 17.4 Å². The van der Waals surface area contributed by atoms with Gasteiger partial charge in [0.25, 0.3) is 0 Å². The van der Waals surface area contributed by atoms with Gasteiger partial charge in [-0.3, -0.25) is 9.59 Å². The zero-order valence-electron chi connectivity index (χ0n) is 17.2. The number of tetrazole rings is 1. The normalized spacial score (nSPS) is 28.3. The zero-order chi connectivity index (χ0) is 22.7. The van der Waals surface area contributed by atoms with E-state index in [4.69, 9.17) is 16.3 Å². The van der Waals surface area contributed by atoms with Gasteiger partial charge in [0.2, 0.25) is 5.91 Å². The van der Waals surface area contributed by atoms with Crippen molar-refractivity contribution in [2.75, 3.05) is 6.54 Å². The lowest BCUT2D eigenvalue weighted by Crippen LogP contribution is -2.39. The fourth-order valence-electron chi connectivity index (χ4n) is 5.26. The van der Waals surface area contributed by atoms with Crippen LogP contribution in [0.5, 0.6) is 0 Å². The van der Waals surface area contributed by atoms with Crippen molar-refractivity contribution in [2.45, 2.75) is 17.7 Å². The van der Waals surface area contributed by atoms with E-state index in [1.807, 2.05) is 36.4 Å². The molecule has 2 bridgehead atoms. The van der Waals surface area contributed by atoms with Gasteiger partial charge in [-0.25, -0.2) is 0 Å². The number of carboxylic acid groups (broad SMARTS) is 1. The molecule has 9 nitrogen and oxygen atoms in total. The first kappa shape index (κ1) is 20.1. The number of halogens is 1. The quantitative estimate of drug-likeness (QED) is 0.578. The largest absolute Gasteiger partial charge is 0.481 e. The van der Waals surface area contributed by atoms with Crippen LogP contribution in [0.4, 0.5) is 0 Å². The summed E-state index contributed by atoms with van der Waals surface area (Å²) in [5.41, 5.74) is 0.527. The maximum absolute atomic E-state index is 13.7. The van der Waals surface area contributed by atoms with Crippen LogP contribution in [0.25, 0.3) is 5.69 Å². The van der Waals surface area contributed by atoms with Crippen molar-refractivity contribution in [3.05, 3.63) is 83.2 Å². The molecule has 10 heteroatoms. The first-order valence-electron chi connectivity index (χ1n) is 10.5. The molecule has 3 aliphatic heterocycles. The smallest absolute Gasteiger partial charge is 0.310 e. The second-order valence-corrected chi connectivity index (χ2v) is 8.88. The fraction of sp³-hybridized carbons (Fsp3) is 0.261. The van der Waals surface area contributed by atoms with Gasteiger partial charge in [-0.1, -0.05) is 54.1 Å². The predicted octanol–water partition coefficient (Wildman–Crippen LogP) is 2.27. The molecule has 2 saturated heterocycles. The first-order chi connectivity index (χ1) is 16.0. The SMILES string of the molecule is O=C(O)[C@H]1[C@H]2C=C[C@]3(CN([C@H](c4ccccc4)c4nnnn4-c4ccc(Cl)cc4)C(=O)[C@@H]13)O2. The summed E-state index contributed by atoms with van der Waals surface area (Å²) in [5.74, 6) is -2.60. The number of rotatable bonds is 5. The Morgan fingerprint density at radius 2 is 1.94 bits per heavy atom. The van der Waals surface area contributed by atoms with Gasteiger partial charge < -0.3 is 14.7 Å². The van der Waals surface area contributed by atoms with Crippen LogP contribution in [-0.4, -0.2) is 60.3 Å². The molecule has 2 fully saturated rings. The average molecular weight is 464 g/mol. The van der Waals surface area contributed by atoms with E-state index in [2.05, 4.69) is 15.5 Å². The second-order valence-electron chi connectivity index (χ2n) is 8.44. The van der Waals surface area contributed by atoms with Crippen molar-refractivity contribution in [3.8, 4) is 5.69 Å². The molecule has 0 unspecified atom stereocenters. The number of hydrogen-bond acceptors (Lipinski definition) is 6. The number of benzene rings is 2. The highest BCUT2D eigenvalue weighted by molar-refractivity contribution is 6.30. The molecule has 4 heterocycles. The summed E-state index contributed by atoms with van der Waals surface area (Å²) in [6, 6.07) is 15.8. The Morgan fingerprint density at radius 3 is 2.67 bits per heavy atom. The molecular formula is C23H18ClN5O4. The van der Waals surface area contributed by atoms with E-state index in [-0.39, 0.29) is 12.5 Å². The van der Waals surface area contributed by atoms with Gasteiger partial charge in [0.05, 0.1) is 24.3 Å². The van der Waals surface area contributed by atoms with Gasteiger partial charge in [0.1, 0.15) is 17.6 Å². The summed E-state index contributed by atoms with van der Waals surface area (Å²) in [7, 11) is 0. The van der Waals surface area contributed by atoms with Crippen LogP contribution in [0.2, 0.25) is 5.02 Å². The van der Waals surface area contributed by atoms with Crippen molar-refractivity contribution in [2.24, 2.45) is 11.8 Å². The highest BCUT2D eigenvalue weighted by Crippen LogP contribution is 2.53. The number of hydrogen-bond donors (Lipinski definition) is 1. The molecule has 0 aliphatic carbocycles. The number of fused-ring (bicyclic) bond motifs is 1. The standard InChI is InChI=1S/C23H18ClN5O4/c24-14-6-8-15(9-7-14)29-20(25-26-27-29)19(13-4-2-1-3-5-13)28-12-23-11-10-16(33-23)17(22(31)32)18(23)21(28)30/h1-11,16-19H,12H2,(H,31,32)/t16-,17+,18-,19-,23-/m1/s1. The van der Waals surface area contributed by atoms with Crippen LogP contribution in [0.15, 0.2) is 66.7 Å². The summed E-state index contributed by atoms with van der Waals surface area (Å²) in [5, 5.41) is 22.7. The molecule has 3 aromatic rings. The van der Waals surface area contributed by atoms with Crippen molar-refractivity contribution in [1.29, 1.82) is 0 Å². The molecule has 0 radical (unpaired) electrons. The van der Waals surface area contributed by atoms with Crippen molar-refractivity contribution in [3.63, 3.8) is 0 Å². The van der Waals surface area contributed by atoms with E-state index in [1.54, 1.807) is 39.9 Å². The molecule has 33 heavy (non-hydrogen) atoms. The van der Waals surface area contributed by atoms with Gasteiger partial charge in [-0.15, -0.1) is 5.10 Å². The number of carboxylic acids is 1. The number of likely N-dealkylation sites (tertiary alicyclic amines) is 1. The van der Waals surface area contributed by atoms with E-state index in [0.29, 0.717) is 16.5 Å². The number of carbonyl (C=O) groups is 2. The molecule has 6 rings (SSSR count). The van der Waals surface area contributed by atoms with Gasteiger partial charge in [-0.2, -0.15) is 4.68 Å². The fourth-order valence-corrected chi connectivity index (χ4v) is 5.39. The van der Waals surface area contributed by atoms with Crippen molar-refractivity contribution in [1.82, 2.24) is 25.1 Å². The monoisotopic (exact) mass is 463 g/mol. The van der Waals surface area contributed by atoms with Crippen LogP contribution in [-0.2, 0) is 14.3 Å². The molecule has 5 atom stereocenters. The van der Waals surface area contributed by atoms with E-state index < -0.39 is 35.6 Å². The zero-order valence-corrected chi connectivity index (χ0v) is 17.9. The van der Waals surface area contributed by atoms with Crippen molar-refractivity contribution >= 4 is 23.5 Å². The number of aromatic nitrogens is 4. The van der Waals surface area contributed by atoms with Crippen LogP contribution in [0.3, 0.4) is 0 Å². The summed E-state index contributed by atoms with van der Waals surface area (Å²) in [4.78, 5) is 27.4. The number of amides is 1. The first-order valence-corrected chi connectivity index (χ1v) is 10.9. The molecule has 1 N–H and O–H groups in total. The number of ether oxygens (including phenoxy) is 1. The molecule has 1 spiro atoms. The minimum atomic E-state index is -1.03. The van der Waals surface area contributed by atoms with E-state index >= 15 is 0 Å². The van der Waals surface area contributed by atoms with Crippen LogP contribution >= 0.6 is 11.6 Å².